The van der Waals surface area contributed by atoms with Crippen molar-refractivity contribution < 1.29 is 9.21 Å². The molecule has 2 saturated heterocycles. The Balaban J connectivity index is 1.31. The minimum Gasteiger partial charge on any atom is -0.468 e. The van der Waals surface area contributed by atoms with Gasteiger partial charge in [-0.05, 0) is 56.9 Å². The van der Waals surface area contributed by atoms with Crippen molar-refractivity contribution in [1.29, 1.82) is 0 Å². The lowest BCUT2D eigenvalue weighted by molar-refractivity contribution is 0.104. The van der Waals surface area contributed by atoms with Gasteiger partial charge in [-0.2, -0.15) is 0 Å². The van der Waals surface area contributed by atoms with Crippen LogP contribution in [0, 0.1) is 6.92 Å². The van der Waals surface area contributed by atoms with Crippen molar-refractivity contribution in [3.05, 3.63) is 54.0 Å². The van der Waals surface area contributed by atoms with Crippen LogP contribution in [0.5, 0.6) is 0 Å². The summed E-state index contributed by atoms with van der Waals surface area (Å²) in [6, 6.07) is 13.1. The van der Waals surface area contributed by atoms with E-state index in [9.17, 15) is 4.79 Å². The topological polar surface area (TPSA) is 57.5 Å². The van der Waals surface area contributed by atoms with E-state index < -0.39 is 0 Å². The third kappa shape index (κ3) is 3.71. The Kier molecular flexibility index (Phi) is 4.49. The summed E-state index contributed by atoms with van der Waals surface area (Å²) in [5.74, 6) is 1.03. The van der Waals surface area contributed by atoms with E-state index in [-0.39, 0.29) is 12.1 Å². The molecule has 2 aliphatic heterocycles. The largest absolute Gasteiger partial charge is 0.468 e. The Morgan fingerprint density at radius 2 is 1.88 bits per heavy atom. The number of carbonyl (C=O) groups excluding carboxylic acids is 1. The molecule has 0 saturated carbocycles. The summed E-state index contributed by atoms with van der Waals surface area (Å²) >= 11 is 0. The number of amides is 2. The van der Waals surface area contributed by atoms with Gasteiger partial charge in [-0.1, -0.05) is 17.7 Å². The van der Waals surface area contributed by atoms with Crippen molar-refractivity contribution in [3.8, 4) is 0 Å². The van der Waals surface area contributed by atoms with Crippen LogP contribution < -0.4 is 10.6 Å². The van der Waals surface area contributed by atoms with Crippen molar-refractivity contribution in [3.63, 3.8) is 0 Å². The number of furan rings is 1. The van der Waals surface area contributed by atoms with E-state index in [1.54, 1.807) is 6.26 Å². The van der Waals surface area contributed by atoms with Gasteiger partial charge in [-0.25, -0.2) is 4.79 Å². The van der Waals surface area contributed by atoms with Crippen LogP contribution in [0.25, 0.3) is 0 Å². The van der Waals surface area contributed by atoms with Crippen LogP contribution in [-0.4, -0.2) is 29.1 Å². The van der Waals surface area contributed by atoms with Crippen molar-refractivity contribution in [2.45, 2.75) is 57.3 Å². The quantitative estimate of drug-likeness (QED) is 0.888. The average molecular weight is 339 g/mol. The second kappa shape index (κ2) is 6.92. The molecule has 0 aliphatic carbocycles. The first-order valence-electron chi connectivity index (χ1n) is 9.10. The number of carbonyl (C=O) groups is 1. The maximum Gasteiger partial charge on any atom is 0.319 e. The fourth-order valence-corrected chi connectivity index (χ4v) is 4.22. The van der Waals surface area contributed by atoms with Gasteiger partial charge < -0.3 is 15.1 Å². The van der Waals surface area contributed by atoms with Crippen LogP contribution in [0.4, 0.5) is 10.5 Å². The number of aryl methyl sites for hydroxylation is 1. The first-order valence-corrected chi connectivity index (χ1v) is 9.10. The number of nitrogens with zero attached hydrogens (tertiary/aromatic N) is 1. The van der Waals surface area contributed by atoms with Crippen molar-refractivity contribution in [2.24, 2.45) is 0 Å². The van der Waals surface area contributed by atoms with Crippen LogP contribution in [0.3, 0.4) is 0 Å². The van der Waals surface area contributed by atoms with Gasteiger partial charge in [0, 0.05) is 23.8 Å². The Labute approximate surface area is 148 Å². The van der Waals surface area contributed by atoms with E-state index in [0.29, 0.717) is 12.1 Å². The van der Waals surface area contributed by atoms with Crippen LogP contribution in [0.2, 0.25) is 0 Å². The standard InChI is InChI=1S/C20H25N3O2/c1-14-4-6-15(7-5-14)21-20(24)22-16-11-17-8-9-18(12-16)23(17)13-19-3-2-10-25-19/h2-7,10,16-18H,8-9,11-13H2,1H3,(H2,21,22,24). The van der Waals surface area contributed by atoms with Gasteiger partial charge in [0.05, 0.1) is 12.8 Å². The molecule has 132 valence electrons. The number of fused-ring (bicyclic) bond motifs is 2. The molecular formula is C20H25N3O2. The lowest BCUT2D eigenvalue weighted by Gasteiger charge is -2.38. The number of nitrogens with one attached hydrogen (secondary N) is 2. The van der Waals surface area contributed by atoms with E-state index in [2.05, 4.69) is 15.5 Å². The molecule has 2 amide bonds. The molecule has 5 heteroatoms. The monoisotopic (exact) mass is 339 g/mol. The molecule has 2 aliphatic rings. The van der Waals surface area contributed by atoms with Gasteiger partial charge in [0.15, 0.2) is 0 Å². The Morgan fingerprint density at radius 1 is 1.16 bits per heavy atom. The molecule has 0 spiro atoms. The molecule has 2 fully saturated rings. The lowest BCUT2D eigenvalue weighted by atomic mass is 9.97. The fourth-order valence-electron chi connectivity index (χ4n) is 4.22. The van der Waals surface area contributed by atoms with Crippen molar-refractivity contribution in [1.82, 2.24) is 10.2 Å². The van der Waals surface area contributed by atoms with Crippen LogP contribution in [-0.2, 0) is 6.54 Å². The van der Waals surface area contributed by atoms with Crippen LogP contribution in [0.1, 0.15) is 37.0 Å². The summed E-state index contributed by atoms with van der Waals surface area (Å²) in [7, 11) is 0. The minimum absolute atomic E-state index is 0.104. The highest BCUT2D eigenvalue weighted by Crippen LogP contribution is 2.36. The third-order valence-corrected chi connectivity index (χ3v) is 5.45. The zero-order chi connectivity index (χ0) is 17.2. The van der Waals surface area contributed by atoms with Gasteiger partial charge in [0.25, 0.3) is 0 Å². The molecule has 2 N–H and O–H groups in total. The number of anilines is 1. The number of urea groups is 1. The highest BCUT2D eigenvalue weighted by Gasteiger charge is 2.41. The summed E-state index contributed by atoms with van der Waals surface area (Å²) in [4.78, 5) is 14.8. The van der Waals surface area contributed by atoms with Gasteiger partial charge in [0.1, 0.15) is 5.76 Å². The smallest absolute Gasteiger partial charge is 0.319 e. The van der Waals surface area contributed by atoms with Gasteiger partial charge in [-0.3, -0.25) is 4.90 Å². The highest BCUT2D eigenvalue weighted by molar-refractivity contribution is 5.89. The molecule has 2 unspecified atom stereocenters. The SMILES string of the molecule is Cc1ccc(NC(=O)NC2CC3CCC(C2)N3Cc2ccco2)cc1. The zero-order valence-electron chi connectivity index (χ0n) is 14.6. The molecular weight excluding hydrogens is 314 g/mol. The number of benzene rings is 1. The van der Waals surface area contributed by atoms with Gasteiger partial charge >= 0.3 is 6.03 Å². The van der Waals surface area contributed by atoms with Crippen molar-refractivity contribution in [2.75, 3.05) is 5.32 Å². The Hall–Kier alpha value is -2.27. The van der Waals surface area contributed by atoms with E-state index in [4.69, 9.17) is 4.42 Å². The van der Waals surface area contributed by atoms with E-state index in [0.717, 1.165) is 30.8 Å². The lowest BCUT2D eigenvalue weighted by Crippen LogP contribution is -2.50. The zero-order valence-corrected chi connectivity index (χ0v) is 14.6. The summed E-state index contributed by atoms with van der Waals surface area (Å²) in [6.45, 7) is 2.92. The van der Waals surface area contributed by atoms with E-state index in [1.165, 1.54) is 18.4 Å². The average Bonchev–Trinajstić information content (AvgIpc) is 3.17. The highest BCUT2D eigenvalue weighted by atomic mass is 16.3. The maximum absolute atomic E-state index is 12.3. The minimum atomic E-state index is -0.104. The first-order chi connectivity index (χ1) is 12.2. The molecule has 25 heavy (non-hydrogen) atoms. The van der Waals surface area contributed by atoms with Gasteiger partial charge in [0.2, 0.25) is 0 Å². The normalized spacial score (nSPS) is 25.7. The predicted molar refractivity (Wildman–Crippen MR) is 97.4 cm³/mol. The molecule has 5 nitrogen and oxygen atoms in total. The molecule has 4 rings (SSSR count). The number of piperidine rings is 1. The summed E-state index contributed by atoms with van der Waals surface area (Å²) < 4.78 is 5.51. The number of hydrogen-bond donors (Lipinski definition) is 2. The predicted octanol–water partition coefficient (Wildman–Crippen LogP) is 3.91. The van der Waals surface area contributed by atoms with Crippen LogP contribution in [0.15, 0.2) is 47.1 Å². The maximum atomic E-state index is 12.3. The summed E-state index contributed by atoms with van der Waals surface area (Å²) in [5, 5.41) is 6.10. The second-order valence-corrected chi connectivity index (χ2v) is 7.27. The molecule has 0 radical (unpaired) electrons. The fraction of sp³-hybridized carbons (Fsp3) is 0.450. The Bertz CT molecular complexity index is 697. The Morgan fingerprint density at radius 3 is 2.52 bits per heavy atom. The molecule has 2 atom stereocenters. The van der Waals surface area contributed by atoms with E-state index in [1.807, 2.05) is 43.3 Å². The van der Waals surface area contributed by atoms with Crippen molar-refractivity contribution >= 4 is 11.7 Å². The van der Waals surface area contributed by atoms with Gasteiger partial charge in [-0.15, -0.1) is 0 Å². The summed E-state index contributed by atoms with van der Waals surface area (Å²) in [5.41, 5.74) is 2.02. The molecule has 2 aromatic rings. The van der Waals surface area contributed by atoms with E-state index >= 15 is 0 Å². The first kappa shape index (κ1) is 16.2. The second-order valence-electron chi connectivity index (χ2n) is 7.27. The third-order valence-electron chi connectivity index (χ3n) is 5.45. The number of rotatable bonds is 4. The molecule has 3 heterocycles. The van der Waals surface area contributed by atoms with Crippen LogP contribution >= 0.6 is 0 Å². The molecule has 1 aromatic carbocycles. The number of hydrogen-bond acceptors (Lipinski definition) is 3. The molecule has 1 aromatic heterocycles. The molecule has 2 bridgehead atoms. The summed E-state index contributed by atoms with van der Waals surface area (Å²) in [6.07, 6.45) is 6.18.